The molecule has 3 aromatic carbocycles. The quantitative estimate of drug-likeness (QED) is 0.344. The van der Waals surface area contributed by atoms with Crippen molar-refractivity contribution in [3.05, 3.63) is 95.6 Å². The van der Waals surface area contributed by atoms with Crippen LogP contribution in [0.2, 0.25) is 0 Å². The summed E-state index contributed by atoms with van der Waals surface area (Å²) in [5.74, 6) is 0.924. The summed E-state index contributed by atoms with van der Waals surface area (Å²) in [6.45, 7) is 2.40. The molecule has 3 aromatic rings. The lowest BCUT2D eigenvalue weighted by Gasteiger charge is -2.41. The van der Waals surface area contributed by atoms with E-state index in [1.165, 1.54) is 5.56 Å². The number of nitrogens with one attached hydrogen (secondary N) is 2. The number of hydrogen-bond donors (Lipinski definition) is 3. The van der Waals surface area contributed by atoms with E-state index in [0.29, 0.717) is 6.42 Å². The summed E-state index contributed by atoms with van der Waals surface area (Å²) in [4.78, 5) is 0.187. The smallest absolute Gasteiger partial charge is 0.240 e. The highest BCUT2D eigenvalue weighted by molar-refractivity contribution is 7.89. The van der Waals surface area contributed by atoms with Gasteiger partial charge in [0.05, 0.1) is 17.0 Å². The van der Waals surface area contributed by atoms with E-state index in [9.17, 15) is 13.5 Å². The summed E-state index contributed by atoms with van der Waals surface area (Å²) < 4.78 is 35.7. The first-order valence-corrected chi connectivity index (χ1v) is 15.2. The number of benzene rings is 3. The van der Waals surface area contributed by atoms with Crippen LogP contribution in [0.3, 0.4) is 0 Å². The third-order valence-electron chi connectivity index (χ3n) is 7.97. The molecule has 2 aliphatic rings. The molecule has 1 aliphatic heterocycles. The van der Waals surface area contributed by atoms with Gasteiger partial charge in [0, 0.05) is 24.6 Å². The standard InChI is InChI=1S/C31H38N2O4S/c1-2-23-15-16-30-26(19-23)28(21-31(37-30)17-9-10-18-31)32-22-29(34)27(20-24-11-5-3-6-12-24)33-38(35,36)25-13-7-4-8-14-25/h3-8,11-16,19,27-29,32-34H,2,9-10,17-18,20-22H2,1H3/t27-,28-,29+/m0/s1. The second kappa shape index (κ2) is 11.6. The molecule has 1 saturated carbocycles. The second-order valence-electron chi connectivity index (χ2n) is 10.7. The van der Waals surface area contributed by atoms with Crippen LogP contribution in [0.25, 0.3) is 0 Å². The number of aliphatic hydroxyl groups excluding tert-OH is 1. The fraction of sp³-hybridized carbons (Fsp3) is 0.419. The van der Waals surface area contributed by atoms with Crippen LogP contribution in [0.1, 0.15) is 61.8 Å². The van der Waals surface area contributed by atoms with E-state index in [0.717, 1.165) is 55.4 Å². The molecule has 7 heteroatoms. The van der Waals surface area contributed by atoms with Crippen LogP contribution in [0.5, 0.6) is 5.75 Å². The maximum absolute atomic E-state index is 13.2. The lowest BCUT2D eigenvalue weighted by atomic mass is 9.85. The zero-order valence-corrected chi connectivity index (χ0v) is 22.8. The molecular formula is C31H38N2O4S. The minimum atomic E-state index is -3.80. The van der Waals surface area contributed by atoms with E-state index < -0.39 is 22.2 Å². The molecule has 6 nitrogen and oxygen atoms in total. The summed E-state index contributed by atoms with van der Waals surface area (Å²) in [5, 5.41) is 15.0. The summed E-state index contributed by atoms with van der Waals surface area (Å²) in [5.41, 5.74) is 3.17. The highest BCUT2D eigenvalue weighted by Gasteiger charge is 2.43. The fourth-order valence-corrected chi connectivity index (χ4v) is 7.13. The van der Waals surface area contributed by atoms with Crippen molar-refractivity contribution in [1.29, 1.82) is 0 Å². The van der Waals surface area contributed by atoms with Crippen LogP contribution < -0.4 is 14.8 Å². The van der Waals surface area contributed by atoms with Crippen LogP contribution >= 0.6 is 0 Å². The van der Waals surface area contributed by atoms with Crippen LogP contribution in [0.15, 0.2) is 83.8 Å². The van der Waals surface area contributed by atoms with E-state index in [-0.39, 0.29) is 23.1 Å². The van der Waals surface area contributed by atoms with Gasteiger partial charge in [-0.1, -0.05) is 67.6 Å². The molecule has 38 heavy (non-hydrogen) atoms. The Kier molecular flexibility index (Phi) is 8.19. The normalized spacial score (nSPS) is 20.0. The first-order valence-electron chi connectivity index (χ1n) is 13.7. The van der Waals surface area contributed by atoms with Gasteiger partial charge in [0.1, 0.15) is 11.4 Å². The topological polar surface area (TPSA) is 87.7 Å². The summed E-state index contributed by atoms with van der Waals surface area (Å²) in [6, 6.07) is 23.8. The summed E-state index contributed by atoms with van der Waals surface area (Å²) in [7, 11) is -3.80. The molecule has 1 heterocycles. The van der Waals surface area contributed by atoms with Crippen LogP contribution in [-0.4, -0.2) is 37.8 Å². The molecule has 0 aromatic heterocycles. The number of aliphatic hydroxyl groups is 1. The minimum Gasteiger partial charge on any atom is -0.487 e. The van der Waals surface area contributed by atoms with Gasteiger partial charge in [-0.15, -0.1) is 0 Å². The maximum atomic E-state index is 13.2. The molecule has 0 amide bonds. The van der Waals surface area contributed by atoms with Gasteiger partial charge in [-0.25, -0.2) is 13.1 Å². The molecule has 3 atom stereocenters. The maximum Gasteiger partial charge on any atom is 0.240 e. The number of rotatable bonds is 10. The second-order valence-corrected chi connectivity index (χ2v) is 12.4. The van der Waals surface area contributed by atoms with Gasteiger partial charge in [0.15, 0.2) is 0 Å². The van der Waals surface area contributed by atoms with Crippen molar-refractivity contribution in [3.63, 3.8) is 0 Å². The lowest BCUT2D eigenvalue weighted by molar-refractivity contribution is 0.0330. The molecular weight excluding hydrogens is 496 g/mol. The van der Waals surface area contributed by atoms with Crippen LogP contribution in [0.4, 0.5) is 0 Å². The first-order chi connectivity index (χ1) is 18.4. The van der Waals surface area contributed by atoms with Crippen molar-refractivity contribution in [2.45, 2.75) is 80.6 Å². The number of fused-ring (bicyclic) bond motifs is 1. The van der Waals surface area contributed by atoms with Crippen molar-refractivity contribution < 1.29 is 18.3 Å². The van der Waals surface area contributed by atoms with Crippen molar-refractivity contribution in [3.8, 4) is 5.75 Å². The summed E-state index contributed by atoms with van der Waals surface area (Å²) in [6.07, 6.45) is 5.63. The average Bonchev–Trinajstić information content (AvgIpc) is 3.39. The molecule has 0 unspecified atom stereocenters. The molecule has 1 aliphatic carbocycles. The van der Waals surface area contributed by atoms with Crippen LogP contribution in [-0.2, 0) is 22.9 Å². The zero-order chi connectivity index (χ0) is 26.6. The number of hydrogen-bond acceptors (Lipinski definition) is 5. The molecule has 0 bridgehead atoms. The predicted molar refractivity (Wildman–Crippen MR) is 150 cm³/mol. The molecule has 1 fully saturated rings. The SMILES string of the molecule is CCc1ccc2c(c1)[C@@H](NC[C@@H](O)[C@H](Cc1ccccc1)NS(=O)(=O)c1ccccc1)CC1(CCCC1)O2. The number of ether oxygens (including phenoxy) is 1. The largest absolute Gasteiger partial charge is 0.487 e. The predicted octanol–water partition coefficient (Wildman–Crippen LogP) is 4.93. The Bertz CT molecular complexity index is 1310. The molecule has 5 rings (SSSR count). The van der Waals surface area contributed by atoms with Gasteiger partial charge < -0.3 is 15.2 Å². The molecule has 3 N–H and O–H groups in total. The third-order valence-corrected chi connectivity index (χ3v) is 9.48. The molecule has 1 spiro atoms. The summed E-state index contributed by atoms with van der Waals surface area (Å²) >= 11 is 0. The van der Waals surface area contributed by atoms with Crippen molar-refractivity contribution in [2.24, 2.45) is 0 Å². The Labute approximate surface area is 226 Å². The Morgan fingerprint density at radius 2 is 1.66 bits per heavy atom. The third kappa shape index (κ3) is 6.12. The van der Waals surface area contributed by atoms with Gasteiger partial charge in [-0.05, 0) is 67.9 Å². The van der Waals surface area contributed by atoms with Gasteiger partial charge >= 0.3 is 0 Å². The van der Waals surface area contributed by atoms with Gasteiger partial charge in [0.25, 0.3) is 0 Å². The van der Waals surface area contributed by atoms with Crippen LogP contribution in [0, 0.1) is 0 Å². The van der Waals surface area contributed by atoms with Gasteiger partial charge in [0.2, 0.25) is 10.0 Å². The molecule has 0 radical (unpaired) electrons. The first kappa shape index (κ1) is 26.9. The Hall–Kier alpha value is -2.71. The van der Waals surface area contributed by atoms with E-state index in [4.69, 9.17) is 4.74 Å². The van der Waals surface area contributed by atoms with E-state index in [2.05, 4.69) is 35.2 Å². The molecule has 202 valence electrons. The highest BCUT2D eigenvalue weighted by Crippen LogP contribution is 2.47. The highest BCUT2D eigenvalue weighted by atomic mass is 32.2. The molecule has 0 saturated heterocycles. The monoisotopic (exact) mass is 534 g/mol. The Morgan fingerprint density at radius 3 is 2.34 bits per heavy atom. The van der Waals surface area contributed by atoms with Crippen molar-refractivity contribution >= 4 is 10.0 Å². The Morgan fingerprint density at radius 1 is 0.974 bits per heavy atom. The van der Waals surface area contributed by atoms with Crippen molar-refractivity contribution in [2.75, 3.05) is 6.54 Å². The average molecular weight is 535 g/mol. The number of sulfonamides is 1. The van der Waals surface area contributed by atoms with E-state index in [1.807, 2.05) is 30.3 Å². The van der Waals surface area contributed by atoms with Crippen molar-refractivity contribution in [1.82, 2.24) is 10.0 Å². The van der Waals surface area contributed by atoms with E-state index in [1.54, 1.807) is 30.3 Å². The zero-order valence-electron chi connectivity index (χ0n) is 22.0. The lowest BCUT2D eigenvalue weighted by Crippen LogP contribution is -2.50. The van der Waals surface area contributed by atoms with Gasteiger partial charge in [-0.3, -0.25) is 0 Å². The Balaban J connectivity index is 1.36. The van der Waals surface area contributed by atoms with E-state index >= 15 is 0 Å². The van der Waals surface area contributed by atoms with Gasteiger partial charge in [-0.2, -0.15) is 0 Å². The minimum absolute atomic E-state index is 0.0288. The fourth-order valence-electron chi connectivity index (χ4n) is 5.84. The number of aryl methyl sites for hydroxylation is 1.